The number of amides is 1. The molecule has 3 rings (SSSR count). The third kappa shape index (κ3) is 4.60. The molecule has 0 aliphatic carbocycles. The van der Waals surface area contributed by atoms with Gasteiger partial charge in [0.25, 0.3) is 5.91 Å². The second-order valence-corrected chi connectivity index (χ2v) is 13.6. The van der Waals surface area contributed by atoms with Crippen molar-refractivity contribution in [1.82, 2.24) is 10.2 Å². The summed E-state index contributed by atoms with van der Waals surface area (Å²) in [6, 6.07) is 6.60. The average Bonchev–Trinajstić information content (AvgIpc) is 2.80. The third-order valence-electron chi connectivity index (χ3n) is 5.56. The number of piperidine rings is 1. The molecule has 5 nitrogen and oxygen atoms in total. The van der Waals surface area contributed by atoms with Crippen molar-refractivity contribution in [3.8, 4) is 11.5 Å². The number of nitrogens with two attached hydrogens (primary N) is 1. The molecule has 6 heteroatoms. The first-order chi connectivity index (χ1) is 12.6. The maximum Gasteiger partial charge on any atom is 0.270 e. The predicted molar refractivity (Wildman–Crippen MR) is 114 cm³/mol. The summed E-state index contributed by atoms with van der Waals surface area (Å²) in [6.07, 6.45) is 4.34. The third-order valence-corrected chi connectivity index (χ3v) is 6.44. The van der Waals surface area contributed by atoms with Crippen LogP contribution in [0.25, 0.3) is 0 Å². The highest BCUT2D eigenvalue weighted by Gasteiger charge is 2.39. The van der Waals surface area contributed by atoms with E-state index < -0.39 is 8.07 Å². The molecule has 144 valence electrons. The van der Waals surface area contributed by atoms with Crippen molar-refractivity contribution in [3.05, 3.63) is 29.3 Å². The fourth-order valence-corrected chi connectivity index (χ4v) is 4.56. The lowest BCUT2D eigenvalue weighted by Gasteiger charge is -2.36. The molecule has 2 aliphatic heterocycles. The minimum absolute atomic E-state index is 0.0662. The number of nitrogen functional groups attached to an aromatic ring is 1. The van der Waals surface area contributed by atoms with Crippen molar-refractivity contribution in [3.63, 3.8) is 0 Å². The number of fused-ring (bicyclic) bond motifs is 2. The Bertz CT molecular complexity index is 804. The van der Waals surface area contributed by atoms with Gasteiger partial charge in [0.2, 0.25) is 0 Å². The number of benzene rings is 1. The van der Waals surface area contributed by atoms with Gasteiger partial charge in [0.15, 0.2) is 0 Å². The van der Waals surface area contributed by atoms with Crippen LogP contribution >= 0.6 is 0 Å². The molecule has 2 bridgehead atoms. The molecule has 2 heterocycles. The van der Waals surface area contributed by atoms with Gasteiger partial charge in [-0.2, -0.15) is 0 Å². The van der Waals surface area contributed by atoms with Crippen molar-refractivity contribution in [2.24, 2.45) is 0 Å². The van der Waals surface area contributed by atoms with E-state index in [1.54, 1.807) is 12.1 Å². The molecule has 1 amide bonds. The molecule has 2 unspecified atom stereocenters. The minimum atomic E-state index is -1.46. The van der Waals surface area contributed by atoms with Crippen LogP contribution < -0.4 is 11.1 Å². The maximum atomic E-state index is 12.6. The van der Waals surface area contributed by atoms with E-state index in [1.807, 2.05) is 6.07 Å². The number of nitrogens with zero attached hydrogens (tertiary/aromatic N) is 1. The van der Waals surface area contributed by atoms with Gasteiger partial charge in [-0.15, -0.1) is 5.54 Å². The van der Waals surface area contributed by atoms with E-state index in [0.29, 0.717) is 23.3 Å². The van der Waals surface area contributed by atoms with E-state index in [1.165, 1.54) is 12.8 Å². The van der Waals surface area contributed by atoms with Gasteiger partial charge < -0.3 is 16.0 Å². The summed E-state index contributed by atoms with van der Waals surface area (Å²) >= 11 is 0. The van der Waals surface area contributed by atoms with Crippen LogP contribution in [0.15, 0.2) is 18.2 Å². The lowest BCUT2D eigenvalue weighted by Crippen LogP contribution is -2.50. The quantitative estimate of drug-likeness (QED) is 0.325. The van der Waals surface area contributed by atoms with E-state index in [9.17, 15) is 4.79 Å². The number of anilines is 1. The second-order valence-electron chi connectivity index (χ2n) is 8.87. The van der Waals surface area contributed by atoms with E-state index in [2.05, 4.69) is 48.4 Å². The number of rotatable bonds is 3. The Morgan fingerprint density at radius 3 is 2.44 bits per heavy atom. The van der Waals surface area contributed by atoms with E-state index in [0.717, 1.165) is 18.4 Å². The molecule has 0 aromatic heterocycles. The van der Waals surface area contributed by atoms with Crippen LogP contribution in [0.4, 0.5) is 5.69 Å². The highest BCUT2D eigenvalue weighted by atomic mass is 28.3. The Morgan fingerprint density at radius 2 is 1.89 bits per heavy atom. The Morgan fingerprint density at radius 1 is 1.26 bits per heavy atom. The highest BCUT2D eigenvalue weighted by molar-refractivity contribution is 6.83. The zero-order chi connectivity index (χ0) is 19.8. The predicted octanol–water partition coefficient (Wildman–Crippen LogP) is 2.61. The van der Waals surface area contributed by atoms with Crippen LogP contribution in [-0.4, -0.2) is 49.8 Å². The zero-order valence-corrected chi connectivity index (χ0v) is 17.7. The van der Waals surface area contributed by atoms with Gasteiger partial charge in [-0.1, -0.05) is 25.6 Å². The second kappa shape index (κ2) is 7.49. The van der Waals surface area contributed by atoms with Gasteiger partial charge in [0.05, 0.1) is 0 Å². The SMILES string of the molecule is CN1C2CCC1CC(NC(=O)C(=N)c1ccc(C#C[Si](C)(C)C)cc1N)C2. The standard InChI is InChI=1S/C21H30N4OSi/c1-25-16-6-7-17(25)13-15(12-16)24-21(26)20(23)18-8-5-14(11-19(18)22)9-10-27(2,3)4/h5,8,11,15-17,23H,6-7,12-13,22H2,1-4H3,(H,24,26). The van der Waals surface area contributed by atoms with E-state index >= 15 is 0 Å². The molecule has 4 N–H and O–H groups in total. The van der Waals surface area contributed by atoms with Crippen molar-refractivity contribution in [2.45, 2.75) is 63.4 Å². The Balaban J connectivity index is 1.66. The van der Waals surface area contributed by atoms with Crippen molar-refractivity contribution in [1.29, 1.82) is 5.41 Å². The molecule has 0 radical (unpaired) electrons. The number of nitrogens with one attached hydrogen (secondary N) is 2. The van der Waals surface area contributed by atoms with Gasteiger partial charge in [-0.25, -0.2) is 0 Å². The number of carbonyl (C=O) groups excluding carboxylic acids is 1. The van der Waals surface area contributed by atoms with Gasteiger partial charge in [-0.05, 0) is 50.9 Å². The van der Waals surface area contributed by atoms with Crippen molar-refractivity contribution < 1.29 is 4.79 Å². The summed E-state index contributed by atoms with van der Waals surface area (Å²) in [5.41, 5.74) is 11.1. The minimum Gasteiger partial charge on any atom is -0.398 e. The summed E-state index contributed by atoms with van der Waals surface area (Å²) in [6.45, 7) is 6.56. The Hall–Kier alpha value is -2.10. The lowest BCUT2D eigenvalue weighted by molar-refractivity contribution is -0.115. The van der Waals surface area contributed by atoms with Crippen LogP contribution in [0.5, 0.6) is 0 Å². The molecule has 27 heavy (non-hydrogen) atoms. The smallest absolute Gasteiger partial charge is 0.270 e. The normalized spacial score (nSPS) is 24.8. The Labute approximate surface area is 163 Å². The summed E-state index contributed by atoms with van der Waals surface area (Å²) < 4.78 is 0. The maximum absolute atomic E-state index is 12.6. The first kappa shape index (κ1) is 19.7. The van der Waals surface area contributed by atoms with Crippen LogP contribution in [0.2, 0.25) is 19.6 Å². The number of hydrogen-bond acceptors (Lipinski definition) is 4. The molecular weight excluding hydrogens is 352 g/mol. The summed E-state index contributed by atoms with van der Waals surface area (Å²) in [7, 11) is 0.718. The summed E-state index contributed by atoms with van der Waals surface area (Å²) in [5, 5.41) is 11.3. The van der Waals surface area contributed by atoms with Gasteiger partial charge >= 0.3 is 0 Å². The van der Waals surface area contributed by atoms with Gasteiger partial charge in [0, 0.05) is 34.9 Å². The summed E-state index contributed by atoms with van der Waals surface area (Å²) in [5.74, 6) is 2.83. The zero-order valence-electron chi connectivity index (χ0n) is 16.7. The summed E-state index contributed by atoms with van der Waals surface area (Å²) in [4.78, 5) is 15.0. The molecule has 2 aliphatic rings. The monoisotopic (exact) mass is 382 g/mol. The fraction of sp³-hybridized carbons (Fsp3) is 0.524. The fourth-order valence-electron chi connectivity index (χ4n) is 4.04. The van der Waals surface area contributed by atoms with Crippen molar-refractivity contribution >= 4 is 25.4 Å². The average molecular weight is 383 g/mol. The molecular formula is C21H30N4OSi. The van der Waals surface area contributed by atoms with Crippen LogP contribution in [0.1, 0.15) is 36.8 Å². The largest absolute Gasteiger partial charge is 0.398 e. The first-order valence-corrected chi connectivity index (χ1v) is 13.2. The van der Waals surface area contributed by atoms with Gasteiger partial charge in [-0.3, -0.25) is 10.2 Å². The molecule has 1 aromatic rings. The number of hydrogen-bond donors (Lipinski definition) is 3. The van der Waals surface area contributed by atoms with Gasteiger partial charge in [0.1, 0.15) is 13.8 Å². The lowest BCUT2D eigenvalue weighted by atomic mass is 9.97. The molecule has 2 atom stereocenters. The topological polar surface area (TPSA) is 82.2 Å². The van der Waals surface area contributed by atoms with E-state index in [4.69, 9.17) is 11.1 Å². The molecule has 0 saturated carbocycles. The van der Waals surface area contributed by atoms with Crippen LogP contribution in [0.3, 0.4) is 0 Å². The number of carbonyl (C=O) groups is 1. The molecule has 0 spiro atoms. The van der Waals surface area contributed by atoms with Crippen molar-refractivity contribution in [2.75, 3.05) is 12.8 Å². The van der Waals surface area contributed by atoms with E-state index in [-0.39, 0.29) is 17.7 Å². The molecule has 2 saturated heterocycles. The highest BCUT2D eigenvalue weighted by Crippen LogP contribution is 2.34. The first-order valence-electron chi connectivity index (χ1n) is 9.68. The molecule has 2 fully saturated rings. The van der Waals surface area contributed by atoms with Crippen LogP contribution in [-0.2, 0) is 4.79 Å². The van der Waals surface area contributed by atoms with Crippen LogP contribution in [0, 0.1) is 16.9 Å². The Kier molecular flexibility index (Phi) is 5.45. The molecule has 1 aromatic carbocycles.